The standard InChI is InChI=1S/C19H24N4O/c1-22(15-7-10-16-8-3-2-4-9-16)19(24)21-18-13-14-20-23(18)17-11-5-6-12-17/h2-4,7-10,13-14,17H,5-6,11-12,15H2,1H3,(H,21,24)/b10-7+. The van der Waals surface area contributed by atoms with E-state index in [4.69, 9.17) is 0 Å². The summed E-state index contributed by atoms with van der Waals surface area (Å²) in [6.07, 6.45) is 10.5. The second kappa shape index (κ2) is 7.81. The first-order valence-electron chi connectivity index (χ1n) is 8.51. The number of hydrogen-bond donors (Lipinski definition) is 1. The van der Waals surface area contributed by atoms with Gasteiger partial charge in [-0.15, -0.1) is 0 Å². The number of amides is 2. The second-order valence-corrected chi connectivity index (χ2v) is 6.22. The molecule has 126 valence electrons. The van der Waals surface area contributed by atoms with E-state index in [0.29, 0.717) is 12.6 Å². The number of anilines is 1. The lowest BCUT2D eigenvalue weighted by molar-refractivity contribution is 0.226. The van der Waals surface area contributed by atoms with E-state index in [0.717, 1.165) is 24.2 Å². The van der Waals surface area contributed by atoms with Crippen LogP contribution in [0.5, 0.6) is 0 Å². The van der Waals surface area contributed by atoms with E-state index in [-0.39, 0.29) is 6.03 Å². The molecule has 5 heteroatoms. The van der Waals surface area contributed by atoms with E-state index >= 15 is 0 Å². The van der Waals surface area contributed by atoms with Gasteiger partial charge in [0.15, 0.2) is 0 Å². The highest BCUT2D eigenvalue weighted by Crippen LogP contribution is 2.31. The molecule has 0 unspecified atom stereocenters. The van der Waals surface area contributed by atoms with E-state index in [1.807, 2.05) is 53.2 Å². The van der Waals surface area contributed by atoms with Crippen LogP contribution < -0.4 is 5.32 Å². The molecule has 1 saturated carbocycles. The third-order valence-electron chi connectivity index (χ3n) is 4.41. The summed E-state index contributed by atoms with van der Waals surface area (Å²) in [6.45, 7) is 0.554. The van der Waals surface area contributed by atoms with E-state index < -0.39 is 0 Å². The fourth-order valence-corrected chi connectivity index (χ4v) is 3.05. The van der Waals surface area contributed by atoms with Gasteiger partial charge in [0.05, 0.1) is 12.2 Å². The number of carbonyl (C=O) groups excluding carboxylic acids is 1. The van der Waals surface area contributed by atoms with Crippen LogP contribution in [0.2, 0.25) is 0 Å². The second-order valence-electron chi connectivity index (χ2n) is 6.22. The van der Waals surface area contributed by atoms with Crippen molar-refractivity contribution in [2.45, 2.75) is 31.7 Å². The Morgan fingerprint density at radius 3 is 2.79 bits per heavy atom. The third-order valence-corrected chi connectivity index (χ3v) is 4.41. The van der Waals surface area contributed by atoms with Gasteiger partial charge >= 0.3 is 6.03 Å². The number of rotatable bonds is 5. The molecular weight excluding hydrogens is 300 g/mol. The molecule has 1 aliphatic carbocycles. The molecule has 0 atom stereocenters. The Morgan fingerprint density at radius 2 is 2.04 bits per heavy atom. The van der Waals surface area contributed by atoms with Crippen molar-refractivity contribution in [2.24, 2.45) is 0 Å². The number of aromatic nitrogens is 2. The molecule has 1 N–H and O–H groups in total. The van der Waals surface area contributed by atoms with Crippen LogP contribution in [0.1, 0.15) is 37.3 Å². The monoisotopic (exact) mass is 324 g/mol. The van der Waals surface area contributed by atoms with Crippen molar-refractivity contribution in [3.8, 4) is 0 Å². The molecule has 1 aromatic heterocycles. The maximum Gasteiger partial charge on any atom is 0.323 e. The summed E-state index contributed by atoms with van der Waals surface area (Å²) in [5, 5.41) is 7.35. The number of carbonyl (C=O) groups is 1. The van der Waals surface area contributed by atoms with Crippen molar-refractivity contribution in [1.82, 2.24) is 14.7 Å². The van der Waals surface area contributed by atoms with Crippen molar-refractivity contribution in [1.29, 1.82) is 0 Å². The van der Waals surface area contributed by atoms with Gasteiger partial charge in [-0.2, -0.15) is 5.10 Å². The molecule has 0 aliphatic heterocycles. The van der Waals surface area contributed by atoms with E-state index in [9.17, 15) is 4.79 Å². The van der Waals surface area contributed by atoms with Gasteiger partial charge < -0.3 is 4.90 Å². The van der Waals surface area contributed by atoms with Crippen molar-refractivity contribution in [3.05, 3.63) is 54.2 Å². The molecule has 0 saturated heterocycles. The van der Waals surface area contributed by atoms with Crippen LogP contribution >= 0.6 is 0 Å². The topological polar surface area (TPSA) is 50.2 Å². The number of nitrogens with zero attached hydrogens (tertiary/aromatic N) is 3. The average Bonchev–Trinajstić information content (AvgIpc) is 3.26. The van der Waals surface area contributed by atoms with E-state index in [1.54, 1.807) is 18.1 Å². The van der Waals surface area contributed by atoms with Crippen LogP contribution in [0, 0.1) is 0 Å². The number of hydrogen-bond acceptors (Lipinski definition) is 2. The Morgan fingerprint density at radius 1 is 1.29 bits per heavy atom. The summed E-state index contributed by atoms with van der Waals surface area (Å²) in [7, 11) is 1.79. The SMILES string of the molecule is CN(C/C=C/c1ccccc1)C(=O)Nc1ccnn1C1CCCC1. The zero-order valence-electron chi connectivity index (χ0n) is 14.1. The molecule has 2 amide bonds. The predicted octanol–water partition coefficient (Wildman–Crippen LogP) is 4.18. The van der Waals surface area contributed by atoms with Gasteiger partial charge in [0.1, 0.15) is 5.82 Å². The van der Waals surface area contributed by atoms with Gasteiger partial charge in [0.25, 0.3) is 0 Å². The van der Waals surface area contributed by atoms with E-state index in [2.05, 4.69) is 10.4 Å². The number of likely N-dealkylation sites (N-methyl/N-ethyl adjacent to an activating group) is 1. The molecule has 3 rings (SSSR count). The molecular formula is C19H24N4O. The predicted molar refractivity (Wildman–Crippen MR) is 96.9 cm³/mol. The van der Waals surface area contributed by atoms with Crippen molar-refractivity contribution in [3.63, 3.8) is 0 Å². The number of urea groups is 1. The van der Waals surface area contributed by atoms with Gasteiger partial charge in [-0.05, 0) is 18.4 Å². The van der Waals surface area contributed by atoms with Crippen LogP contribution in [-0.4, -0.2) is 34.3 Å². The van der Waals surface area contributed by atoms with Crippen molar-refractivity contribution in [2.75, 3.05) is 18.9 Å². The first kappa shape index (κ1) is 16.3. The zero-order chi connectivity index (χ0) is 16.8. The Labute approximate surface area is 143 Å². The Kier molecular flexibility index (Phi) is 5.31. The summed E-state index contributed by atoms with van der Waals surface area (Å²) in [4.78, 5) is 14.0. The minimum atomic E-state index is -0.118. The third kappa shape index (κ3) is 4.04. The highest BCUT2D eigenvalue weighted by molar-refractivity contribution is 5.88. The van der Waals surface area contributed by atoms with Crippen molar-refractivity contribution < 1.29 is 4.79 Å². The quantitative estimate of drug-likeness (QED) is 0.897. The molecule has 5 nitrogen and oxygen atoms in total. The minimum Gasteiger partial charge on any atom is -0.324 e. The summed E-state index contributed by atoms with van der Waals surface area (Å²) in [5.41, 5.74) is 1.13. The van der Waals surface area contributed by atoms with Gasteiger partial charge in [0.2, 0.25) is 0 Å². The molecule has 24 heavy (non-hydrogen) atoms. The maximum absolute atomic E-state index is 12.4. The highest BCUT2D eigenvalue weighted by Gasteiger charge is 2.20. The van der Waals surface area contributed by atoms with Crippen molar-refractivity contribution >= 4 is 17.9 Å². The van der Waals surface area contributed by atoms with Crippen LogP contribution in [0.3, 0.4) is 0 Å². The van der Waals surface area contributed by atoms with E-state index in [1.165, 1.54) is 12.8 Å². The number of nitrogens with one attached hydrogen (secondary N) is 1. The summed E-state index contributed by atoms with van der Waals surface area (Å²) >= 11 is 0. The minimum absolute atomic E-state index is 0.118. The first-order valence-corrected chi connectivity index (χ1v) is 8.51. The summed E-state index contributed by atoms with van der Waals surface area (Å²) < 4.78 is 1.96. The average molecular weight is 324 g/mol. The van der Waals surface area contributed by atoms with Crippen LogP contribution in [0.25, 0.3) is 6.08 Å². The van der Waals surface area contributed by atoms with Gasteiger partial charge in [-0.25, -0.2) is 9.48 Å². The summed E-state index contributed by atoms with van der Waals surface area (Å²) in [6, 6.07) is 12.2. The molecule has 1 fully saturated rings. The Hall–Kier alpha value is -2.56. The summed E-state index contributed by atoms with van der Waals surface area (Å²) in [5.74, 6) is 0.783. The smallest absolute Gasteiger partial charge is 0.323 e. The molecule has 1 heterocycles. The fraction of sp³-hybridized carbons (Fsp3) is 0.368. The Bertz CT molecular complexity index is 686. The molecule has 2 aromatic rings. The molecule has 0 bridgehead atoms. The molecule has 0 radical (unpaired) electrons. The molecule has 1 aliphatic rings. The lowest BCUT2D eigenvalue weighted by Crippen LogP contribution is -2.32. The van der Waals surface area contributed by atoms with Crippen LogP contribution in [-0.2, 0) is 0 Å². The zero-order valence-corrected chi connectivity index (χ0v) is 14.1. The van der Waals surface area contributed by atoms with Gasteiger partial charge in [-0.1, -0.05) is 55.3 Å². The van der Waals surface area contributed by atoms with Gasteiger partial charge in [-0.3, -0.25) is 5.32 Å². The first-order chi connectivity index (χ1) is 11.7. The largest absolute Gasteiger partial charge is 0.324 e. The van der Waals surface area contributed by atoms with Crippen LogP contribution in [0.15, 0.2) is 48.7 Å². The fourth-order valence-electron chi connectivity index (χ4n) is 3.05. The Balaban J connectivity index is 1.55. The molecule has 1 aromatic carbocycles. The lowest BCUT2D eigenvalue weighted by atomic mass is 10.2. The van der Waals surface area contributed by atoms with Crippen LogP contribution in [0.4, 0.5) is 10.6 Å². The number of benzene rings is 1. The lowest BCUT2D eigenvalue weighted by Gasteiger charge is -2.18. The highest BCUT2D eigenvalue weighted by atomic mass is 16.2. The maximum atomic E-state index is 12.4. The van der Waals surface area contributed by atoms with Gasteiger partial charge in [0, 0.05) is 19.7 Å². The molecule has 0 spiro atoms. The normalized spacial score (nSPS) is 15.0.